The zero-order chi connectivity index (χ0) is 40.2. The lowest BCUT2D eigenvalue weighted by Gasteiger charge is -2.42. The zero-order valence-corrected chi connectivity index (χ0v) is 34.6. The van der Waals surface area contributed by atoms with Gasteiger partial charge in [0.1, 0.15) is 11.4 Å². The van der Waals surface area contributed by atoms with Gasteiger partial charge in [0.25, 0.3) is 5.09 Å². The van der Waals surface area contributed by atoms with E-state index in [1.165, 1.54) is 58.3 Å². The molecule has 2 aromatic carbocycles. The molecule has 0 aliphatic heterocycles. The molecule has 0 fully saturated rings. The number of para-hydroxylation sites is 1. The maximum Gasteiger partial charge on any atom is 0.295 e. The van der Waals surface area contributed by atoms with Crippen molar-refractivity contribution in [2.45, 2.75) is 154 Å². The molecule has 0 radical (unpaired) electrons. The fraction of sp³-hybridized carbons (Fsp3) is 0.674. The number of nitrogens with one attached hydrogen (secondary N) is 1. The lowest BCUT2D eigenvalue weighted by atomic mass is 9.74. The number of carbonyl (C=O) groups is 1. The summed E-state index contributed by atoms with van der Waals surface area (Å²) in [6.45, 7) is 12.0. The minimum atomic E-state index is -1.18. The Morgan fingerprint density at radius 1 is 0.870 bits per heavy atom. The van der Waals surface area contributed by atoms with Crippen molar-refractivity contribution in [2.24, 2.45) is 0 Å². The molecule has 54 heavy (non-hydrogen) atoms. The van der Waals surface area contributed by atoms with Crippen LogP contribution >= 0.6 is 0 Å². The number of nitrogens with zero attached hydrogens (tertiary/aromatic N) is 3. The number of ether oxygens (including phenoxy) is 3. The van der Waals surface area contributed by atoms with Crippen LogP contribution in [0.3, 0.4) is 0 Å². The molecule has 2 aromatic rings. The summed E-state index contributed by atoms with van der Waals surface area (Å²) < 4.78 is 17.6. The molecule has 11 heteroatoms. The van der Waals surface area contributed by atoms with Crippen molar-refractivity contribution in [2.75, 3.05) is 34.4 Å². The molecular weight excluding hydrogens is 684 g/mol. The number of methoxy groups -OCH3 is 2. The highest BCUT2D eigenvalue weighted by atomic mass is 17.0. The maximum atomic E-state index is 11.9. The number of carbonyl (C=O) groups excluding carboxylic acids is 1. The molecular formula is C43H68N4O7. The molecule has 1 amide bonds. The number of hydrogen-bond acceptors (Lipinski definition) is 9. The molecule has 11 nitrogen and oxygen atoms in total. The molecule has 2 atom stereocenters. The summed E-state index contributed by atoms with van der Waals surface area (Å²) in [5, 5.41) is 24.2. The van der Waals surface area contributed by atoms with Crippen LogP contribution in [0.25, 0.3) is 0 Å². The molecule has 2 rings (SSSR count). The zero-order valence-electron chi connectivity index (χ0n) is 34.6. The van der Waals surface area contributed by atoms with Gasteiger partial charge < -0.3 is 29.3 Å². The van der Waals surface area contributed by atoms with Gasteiger partial charge in [0.05, 0.1) is 31.2 Å². The van der Waals surface area contributed by atoms with Gasteiger partial charge in [-0.1, -0.05) is 95.4 Å². The van der Waals surface area contributed by atoms with Crippen LogP contribution in [0.2, 0.25) is 0 Å². The number of amides is 1. The second kappa shape index (κ2) is 23.0. The van der Waals surface area contributed by atoms with Crippen LogP contribution in [0.15, 0.2) is 42.5 Å². The van der Waals surface area contributed by atoms with E-state index in [1.807, 2.05) is 42.5 Å². The summed E-state index contributed by atoms with van der Waals surface area (Å²) in [5.74, 6) is 1.55. The SMILES string of the molecule is CCCCCCCCCCCCC(C#N)(CCCN(C)CCc1ccccc1OC(C)(C)C(O[N+](=O)[O-])C(C)(C)NC(C)=O)c1ccc(OC)c(OC)c1. The molecule has 2 unspecified atom stereocenters. The Morgan fingerprint density at radius 3 is 2.04 bits per heavy atom. The minimum Gasteiger partial charge on any atom is -0.493 e. The average molecular weight is 753 g/mol. The van der Waals surface area contributed by atoms with Gasteiger partial charge in [-0.05, 0) is 96.3 Å². The standard InChI is InChI=1S/C43H68N4O7/c1-10-11-12-13-14-15-16-17-18-21-28-43(33-44,36-25-26-38(51-8)39(32-36)52-9)29-22-30-46(7)31-27-35-23-19-20-24-37(35)53-42(5,6)40(54-47(49)50)41(3,4)45-34(2)48/h19-20,23-26,32,40H,10-18,21-22,27-31H2,1-9H3,(H,45,48). The molecule has 0 spiro atoms. The predicted octanol–water partition coefficient (Wildman–Crippen LogP) is 9.38. The summed E-state index contributed by atoms with van der Waals surface area (Å²) in [5.41, 5.74) is -0.996. The molecule has 1 N–H and O–H groups in total. The van der Waals surface area contributed by atoms with Crippen LogP contribution in [0, 0.1) is 21.4 Å². The van der Waals surface area contributed by atoms with E-state index in [1.54, 1.807) is 41.9 Å². The molecule has 0 aromatic heterocycles. The van der Waals surface area contributed by atoms with Gasteiger partial charge in [0.15, 0.2) is 17.6 Å². The number of unbranched alkanes of at least 4 members (excludes halogenated alkanes) is 9. The van der Waals surface area contributed by atoms with Gasteiger partial charge >= 0.3 is 0 Å². The summed E-state index contributed by atoms with van der Waals surface area (Å²) in [4.78, 5) is 30.8. The number of rotatable bonds is 28. The van der Waals surface area contributed by atoms with E-state index in [2.05, 4.69) is 30.3 Å². The largest absolute Gasteiger partial charge is 0.493 e. The van der Waals surface area contributed by atoms with Crippen LogP contribution < -0.4 is 19.5 Å². The minimum absolute atomic E-state index is 0.328. The van der Waals surface area contributed by atoms with E-state index in [9.17, 15) is 20.2 Å². The number of likely N-dealkylation sites (N-methyl/N-ethyl adjacent to an activating group) is 1. The van der Waals surface area contributed by atoms with Crippen molar-refractivity contribution in [3.8, 4) is 23.3 Å². The van der Waals surface area contributed by atoms with Crippen LogP contribution in [-0.2, 0) is 21.5 Å². The number of benzene rings is 2. The van der Waals surface area contributed by atoms with Gasteiger partial charge in [-0.2, -0.15) is 5.26 Å². The molecule has 0 aliphatic rings. The molecule has 0 aliphatic carbocycles. The lowest BCUT2D eigenvalue weighted by Crippen LogP contribution is -2.62. The van der Waals surface area contributed by atoms with Crippen molar-refractivity contribution in [1.82, 2.24) is 10.2 Å². The summed E-state index contributed by atoms with van der Waals surface area (Å²) in [6, 6.07) is 16.3. The van der Waals surface area contributed by atoms with Crippen molar-refractivity contribution in [1.29, 1.82) is 5.26 Å². The Morgan fingerprint density at radius 2 is 1.46 bits per heavy atom. The van der Waals surface area contributed by atoms with Crippen LogP contribution in [0.5, 0.6) is 17.2 Å². The topological polar surface area (TPSA) is 136 Å². The molecule has 0 saturated heterocycles. The van der Waals surface area contributed by atoms with Crippen molar-refractivity contribution in [3.05, 3.63) is 63.7 Å². The van der Waals surface area contributed by atoms with Gasteiger partial charge in [-0.15, -0.1) is 10.1 Å². The Kier molecular flexibility index (Phi) is 19.6. The Balaban J connectivity index is 2.11. The lowest BCUT2D eigenvalue weighted by molar-refractivity contribution is -0.774. The fourth-order valence-electron chi connectivity index (χ4n) is 7.59. The Bertz CT molecular complexity index is 1470. The third-order valence-corrected chi connectivity index (χ3v) is 10.3. The quantitative estimate of drug-likeness (QED) is 0.0512. The van der Waals surface area contributed by atoms with E-state index in [0.29, 0.717) is 23.7 Å². The molecule has 0 saturated carbocycles. The van der Waals surface area contributed by atoms with E-state index in [0.717, 1.165) is 56.3 Å². The van der Waals surface area contributed by atoms with Crippen LogP contribution in [-0.4, -0.2) is 67.5 Å². The monoisotopic (exact) mass is 753 g/mol. The highest BCUT2D eigenvalue weighted by Crippen LogP contribution is 2.39. The highest BCUT2D eigenvalue weighted by Gasteiger charge is 2.46. The summed E-state index contributed by atoms with van der Waals surface area (Å²) in [6.07, 6.45) is 14.4. The Labute approximate surface area is 325 Å². The second-order valence-corrected chi connectivity index (χ2v) is 15.8. The smallest absolute Gasteiger partial charge is 0.295 e. The average Bonchev–Trinajstić information content (AvgIpc) is 3.12. The first-order chi connectivity index (χ1) is 25.6. The first-order valence-corrected chi connectivity index (χ1v) is 19.8. The van der Waals surface area contributed by atoms with E-state index in [4.69, 9.17) is 19.0 Å². The normalized spacial score (nSPS) is 13.4. The predicted molar refractivity (Wildman–Crippen MR) is 215 cm³/mol. The Hall–Kier alpha value is -4.04. The molecule has 302 valence electrons. The maximum absolute atomic E-state index is 11.9. The van der Waals surface area contributed by atoms with Gasteiger partial charge in [0.2, 0.25) is 5.91 Å². The summed E-state index contributed by atoms with van der Waals surface area (Å²) in [7, 11) is 5.33. The highest BCUT2D eigenvalue weighted by molar-refractivity contribution is 5.73. The van der Waals surface area contributed by atoms with Gasteiger partial charge in [-0.25, -0.2) is 0 Å². The van der Waals surface area contributed by atoms with E-state index >= 15 is 0 Å². The van der Waals surface area contributed by atoms with Crippen LogP contribution in [0.4, 0.5) is 0 Å². The molecule has 0 heterocycles. The number of nitriles is 1. The third-order valence-electron chi connectivity index (χ3n) is 10.3. The van der Waals surface area contributed by atoms with E-state index < -0.39 is 27.7 Å². The van der Waals surface area contributed by atoms with E-state index in [-0.39, 0.29) is 5.91 Å². The fourth-order valence-corrected chi connectivity index (χ4v) is 7.59. The van der Waals surface area contributed by atoms with Crippen molar-refractivity contribution >= 4 is 5.91 Å². The third kappa shape index (κ3) is 15.0. The second-order valence-electron chi connectivity index (χ2n) is 15.8. The van der Waals surface area contributed by atoms with Gasteiger partial charge in [-0.3, -0.25) is 4.79 Å². The summed E-state index contributed by atoms with van der Waals surface area (Å²) >= 11 is 0. The van der Waals surface area contributed by atoms with Gasteiger partial charge in [0, 0.05) is 13.5 Å². The molecule has 0 bridgehead atoms. The number of hydrogen-bond donors (Lipinski definition) is 1. The first kappa shape index (κ1) is 46.1. The first-order valence-electron chi connectivity index (χ1n) is 19.8. The van der Waals surface area contributed by atoms with Crippen molar-refractivity contribution < 1.29 is 28.9 Å². The van der Waals surface area contributed by atoms with Crippen LogP contribution in [0.1, 0.15) is 136 Å². The van der Waals surface area contributed by atoms with Crippen molar-refractivity contribution in [3.63, 3.8) is 0 Å².